The van der Waals surface area contributed by atoms with Crippen molar-refractivity contribution in [3.63, 3.8) is 0 Å². The molecule has 3 aromatic rings. The first-order valence-corrected chi connectivity index (χ1v) is 16.5. The molecule has 0 heterocycles. The summed E-state index contributed by atoms with van der Waals surface area (Å²) in [6.07, 6.45) is 5.35. The van der Waals surface area contributed by atoms with Crippen molar-refractivity contribution in [3.8, 4) is 0 Å². The van der Waals surface area contributed by atoms with Crippen molar-refractivity contribution < 1.29 is 18.0 Å². The number of anilines is 1. The van der Waals surface area contributed by atoms with E-state index in [0.29, 0.717) is 32.7 Å². The van der Waals surface area contributed by atoms with Crippen molar-refractivity contribution in [1.82, 2.24) is 10.2 Å². The first-order chi connectivity index (χ1) is 20.1. The van der Waals surface area contributed by atoms with E-state index in [1.807, 2.05) is 6.92 Å². The molecule has 4 rings (SSSR count). The van der Waals surface area contributed by atoms with Crippen LogP contribution in [0.5, 0.6) is 0 Å². The standard InChI is InChI=1S/C31H34Cl3N3O4S/c1-2-29(31(39)35-24-9-5-3-6-10-24)36(20-22-13-18-27(33)28(34)19-22)30(38)21-37(25-11-7-4-8-12-25)42(40,41)26-16-14-23(32)15-17-26/h4,7-8,11-19,24,29H,2-3,5-6,9-10,20-21H2,1H3,(H,35,39)/t29-/m0/s1. The molecule has 0 saturated heterocycles. The first-order valence-electron chi connectivity index (χ1n) is 14.0. The van der Waals surface area contributed by atoms with Gasteiger partial charge in [-0.2, -0.15) is 0 Å². The van der Waals surface area contributed by atoms with Gasteiger partial charge in [0.15, 0.2) is 0 Å². The van der Waals surface area contributed by atoms with Crippen molar-refractivity contribution in [1.29, 1.82) is 0 Å². The molecule has 0 unspecified atom stereocenters. The molecule has 3 aromatic carbocycles. The lowest BCUT2D eigenvalue weighted by Crippen LogP contribution is -2.54. The van der Waals surface area contributed by atoms with Crippen LogP contribution >= 0.6 is 34.8 Å². The molecule has 7 nitrogen and oxygen atoms in total. The molecule has 1 aliphatic rings. The highest BCUT2D eigenvalue weighted by Crippen LogP contribution is 2.27. The molecule has 0 aromatic heterocycles. The van der Waals surface area contributed by atoms with Crippen LogP contribution in [0.3, 0.4) is 0 Å². The van der Waals surface area contributed by atoms with Crippen LogP contribution < -0.4 is 9.62 Å². The molecule has 1 aliphatic carbocycles. The third-order valence-corrected chi connectivity index (χ3v) is 10.2. The molecule has 42 heavy (non-hydrogen) atoms. The van der Waals surface area contributed by atoms with Crippen molar-refractivity contribution in [2.45, 2.75) is 69.0 Å². The first kappa shape index (κ1) is 32.1. The summed E-state index contributed by atoms with van der Waals surface area (Å²) in [5.41, 5.74) is 0.975. The summed E-state index contributed by atoms with van der Waals surface area (Å²) >= 11 is 18.4. The minimum absolute atomic E-state index is 0.0123. The highest BCUT2D eigenvalue weighted by molar-refractivity contribution is 7.92. The number of hydrogen-bond acceptors (Lipinski definition) is 4. The fourth-order valence-corrected chi connectivity index (χ4v) is 7.02. The second kappa shape index (κ2) is 14.6. The van der Waals surface area contributed by atoms with Gasteiger partial charge in [-0.1, -0.05) is 85.3 Å². The Bertz CT molecular complexity index is 1480. The van der Waals surface area contributed by atoms with Gasteiger partial charge >= 0.3 is 0 Å². The number of carbonyl (C=O) groups excluding carboxylic acids is 2. The minimum Gasteiger partial charge on any atom is -0.352 e. The largest absolute Gasteiger partial charge is 0.352 e. The Kier molecular flexibility index (Phi) is 11.2. The second-order valence-corrected chi connectivity index (χ2v) is 13.5. The van der Waals surface area contributed by atoms with Gasteiger partial charge in [-0.15, -0.1) is 0 Å². The number of hydrogen-bond donors (Lipinski definition) is 1. The lowest BCUT2D eigenvalue weighted by molar-refractivity contribution is -0.140. The number of para-hydroxylation sites is 1. The van der Waals surface area contributed by atoms with E-state index in [2.05, 4.69) is 5.32 Å². The molecule has 1 fully saturated rings. The highest BCUT2D eigenvalue weighted by atomic mass is 35.5. The van der Waals surface area contributed by atoms with Crippen LogP contribution in [0.4, 0.5) is 5.69 Å². The quantitative estimate of drug-likeness (QED) is 0.240. The summed E-state index contributed by atoms with van der Waals surface area (Å²) in [5.74, 6) is -0.794. The van der Waals surface area contributed by atoms with E-state index in [1.165, 1.54) is 29.2 Å². The average Bonchev–Trinajstić information content (AvgIpc) is 2.98. The lowest BCUT2D eigenvalue weighted by atomic mass is 9.95. The number of nitrogens with zero attached hydrogens (tertiary/aromatic N) is 2. The summed E-state index contributed by atoms with van der Waals surface area (Å²) in [6.45, 7) is 1.35. The smallest absolute Gasteiger partial charge is 0.264 e. The maximum Gasteiger partial charge on any atom is 0.264 e. The molecule has 0 bridgehead atoms. The Hall–Kier alpha value is -2.78. The minimum atomic E-state index is -4.17. The number of sulfonamides is 1. The molecular formula is C31H34Cl3N3O4S. The molecule has 2 amide bonds. The van der Waals surface area contributed by atoms with Crippen LogP contribution in [0.25, 0.3) is 0 Å². The van der Waals surface area contributed by atoms with Gasteiger partial charge in [0.25, 0.3) is 10.0 Å². The van der Waals surface area contributed by atoms with E-state index in [1.54, 1.807) is 48.5 Å². The van der Waals surface area contributed by atoms with Crippen molar-refractivity contribution in [2.24, 2.45) is 0 Å². The summed E-state index contributed by atoms with van der Waals surface area (Å²) in [5, 5.41) is 4.20. The predicted molar refractivity (Wildman–Crippen MR) is 169 cm³/mol. The van der Waals surface area contributed by atoms with Crippen LogP contribution in [0.15, 0.2) is 77.7 Å². The van der Waals surface area contributed by atoms with Gasteiger partial charge in [0.2, 0.25) is 11.8 Å². The zero-order valence-corrected chi connectivity index (χ0v) is 26.4. The number of amides is 2. The monoisotopic (exact) mass is 649 g/mol. The van der Waals surface area contributed by atoms with Gasteiger partial charge in [-0.05, 0) is 73.4 Å². The SMILES string of the molecule is CC[C@@H](C(=O)NC1CCCCC1)N(Cc1ccc(Cl)c(Cl)c1)C(=O)CN(c1ccccc1)S(=O)(=O)c1ccc(Cl)cc1. The third kappa shape index (κ3) is 7.98. The summed E-state index contributed by atoms with van der Waals surface area (Å²) < 4.78 is 28.8. The van der Waals surface area contributed by atoms with Gasteiger partial charge in [0, 0.05) is 17.6 Å². The number of carbonyl (C=O) groups is 2. The van der Waals surface area contributed by atoms with E-state index in [0.717, 1.165) is 36.4 Å². The molecule has 1 saturated carbocycles. The van der Waals surface area contributed by atoms with Gasteiger partial charge in [0.1, 0.15) is 12.6 Å². The van der Waals surface area contributed by atoms with Gasteiger partial charge in [-0.3, -0.25) is 13.9 Å². The highest BCUT2D eigenvalue weighted by Gasteiger charge is 2.34. The summed E-state index contributed by atoms with van der Waals surface area (Å²) in [7, 11) is -4.17. The molecule has 0 radical (unpaired) electrons. The number of benzene rings is 3. The molecule has 0 spiro atoms. The Labute approximate surface area is 262 Å². The summed E-state index contributed by atoms with van der Waals surface area (Å²) in [6, 6.07) is 18.4. The fraction of sp³-hybridized carbons (Fsp3) is 0.355. The van der Waals surface area contributed by atoms with E-state index >= 15 is 0 Å². The molecular weight excluding hydrogens is 617 g/mol. The molecule has 11 heteroatoms. The zero-order chi connectivity index (χ0) is 30.3. The average molecular weight is 651 g/mol. The normalized spacial score (nSPS) is 14.7. The number of rotatable bonds is 11. The van der Waals surface area contributed by atoms with Crippen molar-refractivity contribution >= 4 is 62.3 Å². The van der Waals surface area contributed by atoms with Crippen molar-refractivity contribution in [3.05, 3.63) is 93.4 Å². The van der Waals surface area contributed by atoms with Gasteiger partial charge in [-0.25, -0.2) is 8.42 Å². The third-order valence-electron chi connectivity index (χ3n) is 7.40. The van der Waals surface area contributed by atoms with E-state index in [-0.39, 0.29) is 23.4 Å². The van der Waals surface area contributed by atoms with Crippen molar-refractivity contribution in [2.75, 3.05) is 10.8 Å². The fourth-order valence-electron chi connectivity index (χ4n) is 5.16. The van der Waals surface area contributed by atoms with E-state index < -0.39 is 28.5 Å². The molecule has 0 aliphatic heterocycles. The Morgan fingerprint density at radius 3 is 2.19 bits per heavy atom. The Morgan fingerprint density at radius 2 is 1.57 bits per heavy atom. The second-order valence-electron chi connectivity index (χ2n) is 10.3. The van der Waals surface area contributed by atoms with Crippen LogP contribution in [0.1, 0.15) is 51.0 Å². The Morgan fingerprint density at radius 1 is 0.905 bits per heavy atom. The topological polar surface area (TPSA) is 86.8 Å². The molecule has 224 valence electrons. The molecule has 1 atom stereocenters. The van der Waals surface area contributed by atoms with Crippen LogP contribution in [-0.4, -0.2) is 43.8 Å². The Balaban J connectivity index is 1.70. The van der Waals surface area contributed by atoms with E-state index in [4.69, 9.17) is 34.8 Å². The predicted octanol–water partition coefficient (Wildman–Crippen LogP) is 7.10. The summed E-state index contributed by atoms with van der Waals surface area (Å²) in [4.78, 5) is 29.2. The molecule has 1 N–H and O–H groups in total. The van der Waals surface area contributed by atoms with Gasteiger partial charge in [0.05, 0.1) is 20.6 Å². The van der Waals surface area contributed by atoms with Crippen LogP contribution in [-0.2, 0) is 26.2 Å². The zero-order valence-electron chi connectivity index (χ0n) is 23.3. The maximum atomic E-state index is 14.2. The number of halogens is 3. The number of nitrogens with one attached hydrogen (secondary N) is 1. The van der Waals surface area contributed by atoms with Crippen LogP contribution in [0.2, 0.25) is 15.1 Å². The lowest BCUT2D eigenvalue weighted by Gasteiger charge is -2.34. The van der Waals surface area contributed by atoms with Gasteiger partial charge < -0.3 is 10.2 Å². The maximum absolute atomic E-state index is 14.2. The van der Waals surface area contributed by atoms with E-state index in [9.17, 15) is 18.0 Å². The van der Waals surface area contributed by atoms with Crippen LogP contribution in [0, 0.1) is 0 Å².